The van der Waals surface area contributed by atoms with Gasteiger partial charge in [0, 0.05) is 18.8 Å². The van der Waals surface area contributed by atoms with Gasteiger partial charge in [-0.05, 0) is 41.5 Å². The Balaban J connectivity index is 1.82. The fraction of sp³-hybridized carbons (Fsp3) is 0.0455. The first-order valence-electron chi connectivity index (χ1n) is 8.85. The first-order valence-corrected chi connectivity index (χ1v) is 9.60. The average Bonchev–Trinajstić information content (AvgIpc) is 3.25. The first-order chi connectivity index (χ1) is 14.2. The van der Waals surface area contributed by atoms with Crippen molar-refractivity contribution in [2.45, 2.75) is 0 Å². The SMILES string of the molecule is CNc1ncccc1-c1noc(C(=Cc2ccc(Cl)c(Cl)c2)c2ccccc2)n1. The van der Waals surface area contributed by atoms with Gasteiger partial charge in [-0.1, -0.05) is 64.8 Å². The van der Waals surface area contributed by atoms with Gasteiger partial charge in [-0.2, -0.15) is 4.98 Å². The smallest absolute Gasteiger partial charge is 0.258 e. The average molecular weight is 423 g/mol. The standard InChI is InChI=1S/C22H16Cl2N4O/c1-25-20-16(8-5-11-26-20)21-27-22(29-28-21)17(15-6-3-2-4-7-15)12-14-9-10-18(23)19(24)13-14/h2-13H,1H3,(H,25,26). The van der Waals surface area contributed by atoms with Crippen LogP contribution in [0.15, 0.2) is 71.4 Å². The van der Waals surface area contributed by atoms with E-state index in [-0.39, 0.29) is 0 Å². The number of halogens is 2. The van der Waals surface area contributed by atoms with Gasteiger partial charge in [0.1, 0.15) is 5.82 Å². The lowest BCUT2D eigenvalue weighted by Crippen LogP contribution is -1.96. The number of benzene rings is 2. The molecule has 0 amide bonds. The van der Waals surface area contributed by atoms with E-state index < -0.39 is 0 Å². The van der Waals surface area contributed by atoms with Crippen molar-refractivity contribution in [3.63, 3.8) is 0 Å². The van der Waals surface area contributed by atoms with Crippen LogP contribution in [0.4, 0.5) is 5.82 Å². The van der Waals surface area contributed by atoms with Crippen LogP contribution in [0.25, 0.3) is 23.0 Å². The zero-order chi connectivity index (χ0) is 20.2. The summed E-state index contributed by atoms with van der Waals surface area (Å²) in [7, 11) is 1.80. The Kier molecular flexibility index (Phi) is 5.60. The summed E-state index contributed by atoms with van der Waals surface area (Å²) < 4.78 is 5.62. The Bertz CT molecular complexity index is 1170. The highest BCUT2D eigenvalue weighted by molar-refractivity contribution is 6.42. The molecule has 0 spiro atoms. The van der Waals surface area contributed by atoms with Gasteiger partial charge in [0.2, 0.25) is 5.82 Å². The van der Waals surface area contributed by atoms with Gasteiger partial charge in [-0.3, -0.25) is 0 Å². The van der Waals surface area contributed by atoms with E-state index in [2.05, 4.69) is 20.4 Å². The lowest BCUT2D eigenvalue weighted by atomic mass is 10.0. The molecule has 2 aromatic heterocycles. The van der Waals surface area contributed by atoms with Crippen LogP contribution in [0.5, 0.6) is 0 Å². The summed E-state index contributed by atoms with van der Waals surface area (Å²) in [5.41, 5.74) is 3.34. The van der Waals surface area contributed by atoms with E-state index in [4.69, 9.17) is 27.7 Å². The maximum absolute atomic E-state index is 6.18. The molecule has 144 valence electrons. The number of anilines is 1. The largest absolute Gasteiger partial charge is 0.373 e. The molecule has 2 aromatic carbocycles. The minimum atomic E-state index is 0.392. The summed E-state index contributed by atoms with van der Waals surface area (Å²) in [5, 5.41) is 8.18. The van der Waals surface area contributed by atoms with E-state index in [1.165, 1.54) is 0 Å². The molecule has 7 heteroatoms. The molecule has 0 unspecified atom stereocenters. The van der Waals surface area contributed by atoms with E-state index in [1.807, 2.05) is 54.6 Å². The van der Waals surface area contributed by atoms with Crippen molar-refractivity contribution in [1.29, 1.82) is 0 Å². The summed E-state index contributed by atoms with van der Waals surface area (Å²) in [6.07, 6.45) is 3.65. The maximum atomic E-state index is 6.18. The molecule has 2 heterocycles. The Morgan fingerprint density at radius 3 is 2.59 bits per heavy atom. The van der Waals surface area contributed by atoms with Crippen LogP contribution in [0.3, 0.4) is 0 Å². The lowest BCUT2D eigenvalue weighted by molar-refractivity contribution is 0.409. The zero-order valence-corrected chi connectivity index (χ0v) is 16.9. The normalized spacial score (nSPS) is 11.5. The van der Waals surface area contributed by atoms with Gasteiger partial charge in [0.15, 0.2) is 0 Å². The molecule has 0 atom stereocenters. The molecule has 4 rings (SSSR count). The molecule has 0 radical (unpaired) electrons. The van der Waals surface area contributed by atoms with Gasteiger partial charge in [-0.15, -0.1) is 0 Å². The van der Waals surface area contributed by atoms with E-state index in [9.17, 15) is 0 Å². The number of nitrogens with zero attached hydrogens (tertiary/aromatic N) is 3. The summed E-state index contributed by atoms with van der Waals surface area (Å²) in [6, 6.07) is 19.0. The second-order valence-electron chi connectivity index (χ2n) is 6.17. The first kappa shape index (κ1) is 19.2. The third-order valence-corrected chi connectivity index (χ3v) is 5.02. The third-order valence-electron chi connectivity index (χ3n) is 4.28. The molecule has 1 N–H and O–H groups in total. The zero-order valence-electron chi connectivity index (χ0n) is 15.4. The summed E-state index contributed by atoms with van der Waals surface area (Å²) >= 11 is 12.2. The molecule has 0 aliphatic carbocycles. The van der Waals surface area contributed by atoms with Crippen LogP contribution in [0.1, 0.15) is 17.0 Å². The molecule has 0 aliphatic rings. The highest BCUT2D eigenvalue weighted by atomic mass is 35.5. The molecule has 4 aromatic rings. The predicted molar refractivity (Wildman–Crippen MR) is 117 cm³/mol. The van der Waals surface area contributed by atoms with Crippen molar-refractivity contribution in [3.8, 4) is 11.4 Å². The minimum absolute atomic E-state index is 0.392. The summed E-state index contributed by atoms with van der Waals surface area (Å²) in [4.78, 5) is 8.91. The third kappa shape index (κ3) is 4.16. The van der Waals surface area contributed by atoms with Crippen molar-refractivity contribution >= 4 is 40.7 Å². The van der Waals surface area contributed by atoms with Gasteiger partial charge in [0.25, 0.3) is 5.89 Å². The fourth-order valence-corrected chi connectivity index (χ4v) is 3.19. The number of hydrogen-bond acceptors (Lipinski definition) is 5. The van der Waals surface area contributed by atoms with Crippen LogP contribution in [-0.2, 0) is 0 Å². The van der Waals surface area contributed by atoms with Gasteiger partial charge < -0.3 is 9.84 Å². The Hall–Kier alpha value is -3.15. The van der Waals surface area contributed by atoms with E-state index in [0.717, 1.165) is 22.3 Å². The van der Waals surface area contributed by atoms with Crippen molar-refractivity contribution < 1.29 is 4.52 Å². The van der Waals surface area contributed by atoms with Crippen LogP contribution in [-0.4, -0.2) is 22.2 Å². The minimum Gasteiger partial charge on any atom is -0.373 e. The summed E-state index contributed by atoms with van der Waals surface area (Å²) in [5.74, 6) is 1.52. The second-order valence-corrected chi connectivity index (χ2v) is 6.98. The highest BCUT2D eigenvalue weighted by Crippen LogP contribution is 2.30. The number of hydrogen-bond donors (Lipinski definition) is 1. The van der Waals surface area contributed by atoms with Crippen molar-refractivity contribution in [3.05, 3.63) is 93.9 Å². The number of nitrogens with one attached hydrogen (secondary N) is 1. The molecular formula is C22H16Cl2N4O. The Morgan fingerprint density at radius 2 is 1.83 bits per heavy atom. The molecule has 0 bridgehead atoms. The van der Waals surface area contributed by atoms with Gasteiger partial charge >= 0.3 is 0 Å². The van der Waals surface area contributed by atoms with Crippen molar-refractivity contribution in [2.24, 2.45) is 0 Å². The summed E-state index contributed by atoms with van der Waals surface area (Å²) in [6.45, 7) is 0. The lowest BCUT2D eigenvalue weighted by Gasteiger charge is -2.05. The van der Waals surface area contributed by atoms with Gasteiger partial charge in [0.05, 0.1) is 15.6 Å². The van der Waals surface area contributed by atoms with E-state index >= 15 is 0 Å². The van der Waals surface area contributed by atoms with Crippen LogP contribution >= 0.6 is 23.2 Å². The molecule has 29 heavy (non-hydrogen) atoms. The molecule has 0 fully saturated rings. The van der Waals surface area contributed by atoms with E-state index in [1.54, 1.807) is 25.4 Å². The molecule has 0 saturated heterocycles. The number of pyridine rings is 1. The quantitative estimate of drug-likeness (QED) is 0.395. The molecule has 0 aliphatic heterocycles. The molecule has 0 saturated carbocycles. The topological polar surface area (TPSA) is 63.8 Å². The number of rotatable bonds is 5. The van der Waals surface area contributed by atoms with Crippen LogP contribution in [0, 0.1) is 0 Å². The van der Waals surface area contributed by atoms with Crippen molar-refractivity contribution in [1.82, 2.24) is 15.1 Å². The molecular weight excluding hydrogens is 407 g/mol. The number of aromatic nitrogens is 3. The maximum Gasteiger partial charge on any atom is 0.258 e. The Labute approximate surface area is 178 Å². The second kappa shape index (κ2) is 8.47. The van der Waals surface area contributed by atoms with E-state index in [0.29, 0.717) is 27.6 Å². The predicted octanol–water partition coefficient (Wildman–Crippen LogP) is 6.07. The van der Waals surface area contributed by atoms with Crippen LogP contribution < -0.4 is 5.32 Å². The monoisotopic (exact) mass is 422 g/mol. The van der Waals surface area contributed by atoms with Crippen molar-refractivity contribution in [2.75, 3.05) is 12.4 Å². The highest BCUT2D eigenvalue weighted by Gasteiger charge is 2.17. The van der Waals surface area contributed by atoms with Crippen LogP contribution in [0.2, 0.25) is 10.0 Å². The molecule has 5 nitrogen and oxygen atoms in total. The Morgan fingerprint density at radius 1 is 1.00 bits per heavy atom. The fourth-order valence-electron chi connectivity index (χ4n) is 2.88. The van der Waals surface area contributed by atoms with Gasteiger partial charge in [-0.25, -0.2) is 4.98 Å².